The summed E-state index contributed by atoms with van der Waals surface area (Å²) in [7, 11) is 0. The molecule has 3 nitrogen and oxygen atoms in total. The van der Waals surface area contributed by atoms with E-state index >= 15 is 0 Å². The summed E-state index contributed by atoms with van der Waals surface area (Å²) in [6, 6.07) is 11.0. The molecule has 2 atom stereocenters. The number of hydrogen-bond donors (Lipinski definition) is 1. The van der Waals surface area contributed by atoms with Crippen molar-refractivity contribution >= 4 is 11.6 Å². The maximum atomic E-state index is 5.98. The number of nitrogens with one attached hydrogen (secondary N) is 1. The monoisotopic (exact) mass is 289 g/mol. The lowest BCUT2D eigenvalue weighted by Gasteiger charge is -2.24. The van der Waals surface area contributed by atoms with Crippen LogP contribution in [0.1, 0.15) is 31.4 Å². The highest BCUT2D eigenvalue weighted by Crippen LogP contribution is 2.41. The van der Waals surface area contributed by atoms with Crippen molar-refractivity contribution in [2.75, 3.05) is 0 Å². The van der Waals surface area contributed by atoms with Crippen molar-refractivity contribution in [3.63, 3.8) is 0 Å². The molecule has 20 heavy (non-hydrogen) atoms. The van der Waals surface area contributed by atoms with Crippen molar-refractivity contribution in [1.29, 1.82) is 0 Å². The average Bonchev–Trinajstić information content (AvgIpc) is 3.16. The van der Waals surface area contributed by atoms with Crippen LogP contribution < -0.4 is 5.32 Å². The molecule has 1 saturated carbocycles. The molecule has 1 heterocycles. The van der Waals surface area contributed by atoms with E-state index in [1.807, 2.05) is 35.3 Å². The molecule has 1 aromatic heterocycles. The predicted molar refractivity (Wildman–Crippen MR) is 81.7 cm³/mol. The van der Waals surface area contributed by atoms with Gasteiger partial charge in [-0.1, -0.05) is 23.7 Å². The molecule has 0 bridgehead atoms. The van der Waals surface area contributed by atoms with Gasteiger partial charge in [0.05, 0.1) is 6.54 Å². The molecule has 0 amide bonds. The van der Waals surface area contributed by atoms with Crippen molar-refractivity contribution < 1.29 is 0 Å². The van der Waals surface area contributed by atoms with Gasteiger partial charge in [-0.05, 0) is 49.4 Å². The Labute approximate surface area is 124 Å². The van der Waals surface area contributed by atoms with E-state index in [1.165, 1.54) is 18.4 Å². The smallest absolute Gasteiger partial charge is 0.0560 e. The molecule has 0 aliphatic heterocycles. The van der Waals surface area contributed by atoms with Gasteiger partial charge in [0.1, 0.15) is 0 Å². The molecule has 1 fully saturated rings. The van der Waals surface area contributed by atoms with Gasteiger partial charge in [-0.2, -0.15) is 5.10 Å². The zero-order chi connectivity index (χ0) is 13.9. The Morgan fingerprint density at radius 3 is 2.70 bits per heavy atom. The highest BCUT2D eigenvalue weighted by molar-refractivity contribution is 6.30. The second kappa shape index (κ2) is 5.98. The number of rotatable bonds is 6. The van der Waals surface area contributed by atoms with Crippen LogP contribution >= 0.6 is 11.6 Å². The highest BCUT2D eigenvalue weighted by Gasteiger charge is 2.32. The summed E-state index contributed by atoms with van der Waals surface area (Å²) in [5.74, 6) is 0.760. The second-order valence-electron chi connectivity index (χ2n) is 5.66. The Bertz CT molecular complexity index is 531. The Hall–Kier alpha value is -1.32. The summed E-state index contributed by atoms with van der Waals surface area (Å²) in [6.07, 6.45) is 6.46. The standard InChI is InChI=1S/C16H20ClN3/c1-12(11-20-10-2-9-18-20)19-16(13-3-4-13)14-5-7-15(17)8-6-14/h2,5-10,12-13,16,19H,3-4,11H2,1H3. The molecule has 1 N–H and O–H groups in total. The average molecular weight is 290 g/mol. The molecule has 1 aliphatic carbocycles. The highest BCUT2D eigenvalue weighted by atomic mass is 35.5. The van der Waals surface area contributed by atoms with Crippen LogP contribution in [0.25, 0.3) is 0 Å². The number of benzene rings is 1. The quantitative estimate of drug-likeness (QED) is 0.879. The molecular formula is C16H20ClN3. The summed E-state index contributed by atoms with van der Waals surface area (Å²) < 4.78 is 1.98. The summed E-state index contributed by atoms with van der Waals surface area (Å²) in [6.45, 7) is 3.11. The van der Waals surface area contributed by atoms with Crippen molar-refractivity contribution in [3.8, 4) is 0 Å². The topological polar surface area (TPSA) is 29.9 Å². The summed E-state index contributed by atoms with van der Waals surface area (Å²) >= 11 is 5.98. The minimum Gasteiger partial charge on any atom is -0.305 e. The Morgan fingerprint density at radius 1 is 1.35 bits per heavy atom. The fraction of sp³-hybridized carbons (Fsp3) is 0.438. The lowest BCUT2D eigenvalue weighted by atomic mass is 10.0. The minimum atomic E-state index is 0.385. The Balaban J connectivity index is 1.66. The van der Waals surface area contributed by atoms with Crippen LogP contribution in [0.5, 0.6) is 0 Å². The lowest BCUT2D eigenvalue weighted by molar-refractivity contribution is 0.375. The van der Waals surface area contributed by atoms with E-state index in [9.17, 15) is 0 Å². The fourth-order valence-corrected chi connectivity index (χ4v) is 2.78. The largest absolute Gasteiger partial charge is 0.305 e. The van der Waals surface area contributed by atoms with Gasteiger partial charge in [-0.25, -0.2) is 0 Å². The SMILES string of the molecule is CC(Cn1cccn1)NC(c1ccc(Cl)cc1)C1CC1. The second-order valence-corrected chi connectivity index (χ2v) is 6.10. The number of halogens is 1. The predicted octanol–water partition coefficient (Wildman–Crippen LogP) is 3.67. The van der Waals surface area contributed by atoms with E-state index in [1.54, 1.807) is 0 Å². The van der Waals surface area contributed by atoms with E-state index in [2.05, 4.69) is 29.5 Å². The molecule has 106 valence electrons. The molecule has 0 spiro atoms. The van der Waals surface area contributed by atoms with E-state index in [-0.39, 0.29) is 0 Å². The molecular weight excluding hydrogens is 270 g/mol. The van der Waals surface area contributed by atoms with Crippen LogP contribution in [-0.2, 0) is 6.54 Å². The maximum absolute atomic E-state index is 5.98. The molecule has 0 saturated heterocycles. The van der Waals surface area contributed by atoms with E-state index in [0.717, 1.165) is 17.5 Å². The van der Waals surface area contributed by atoms with Gasteiger partial charge in [0, 0.05) is 29.5 Å². The number of aromatic nitrogens is 2. The number of nitrogens with zero attached hydrogens (tertiary/aromatic N) is 2. The van der Waals surface area contributed by atoms with Gasteiger partial charge in [0.2, 0.25) is 0 Å². The summed E-state index contributed by atoms with van der Waals surface area (Å²) in [4.78, 5) is 0. The Kier molecular flexibility index (Phi) is 4.08. The van der Waals surface area contributed by atoms with Crippen LogP contribution in [0.2, 0.25) is 5.02 Å². The molecule has 1 aromatic carbocycles. The van der Waals surface area contributed by atoms with E-state index in [0.29, 0.717) is 12.1 Å². The maximum Gasteiger partial charge on any atom is 0.0560 e. The van der Waals surface area contributed by atoms with E-state index in [4.69, 9.17) is 11.6 Å². The lowest BCUT2D eigenvalue weighted by Crippen LogP contribution is -2.35. The first-order valence-corrected chi connectivity index (χ1v) is 7.59. The molecule has 3 rings (SSSR count). The molecule has 1 aliphatic rings. The normalized spacial score (nSPS) is 17.9. The molecule has 2 aromatic rings. The van der Waals surface area contributed by atoms with Gasteiger partial charge in [-0.15, -0.1) is 0 Å². The minimum absolute atomic E-state index is 0.385. The zero-order valence-corrected chi connectivity index (χ0v) is 12.4. The van der Waals surface area contributed by atoms with Crippen molar-refractivity contribution in [2.45, 2.75) is 38.4 Å². The third kappa shape index (κ3) is 3.41. The summed E-state index contributed by atoms with van der Waals surface area (Å²) in [5.41, 5.74) is 1.34. The molecule has 0 radical (unpaired) electrons. The van der Waals surface area contributed by atoms with Crippen LogP contribution in [0.15, 0.2) is 42.7 Å². The number of hydrogen-bond acceptors (Lipinski definition) is 2. The summed E-state index contributed by atoms with van der Waals surface area (Å²) in [5, 5.41) is 8.82. The molecule has 4 heteroatoms. The van der Waals surface area contributed by atoms with E-state index < -0.39 is 0 Å². The fourth-order valence-electron chi connectivity index (χ4n) is 2.65. The van der Waals surface area contributed by atoms with Gasteiger partial charge >= 0.3 is 0 Å². The third-order valence-corrected chi connectivity index (χ3v) is 4.06. The van der Waals surface area contributed by atoms with Crippen LogP contribution in [0, 0.1) is 5.92 Å². The van der Waals surface area contributed by atoms with Crippen molar-refractivity contribution in [1.82, 2.24) is 15.1 Å². The third-order valence-electron chi connectivity index (χ3n) is 3.81. The zero-order valence-electron chi connectivity index (χ0n) is 11.7. The van der Waals surface area contributed by atoms with Crippen molar-refractivity contribution in [2.24, 2.45) is 5.92 Å². The van der Waals surface area contributed by atoms with Gasteiger partial charge in [-0.3, -0.25) is 4.68 Å². The van der Waals surface area contributed by atoms with Gasteiger partial charge < -0.3 is 5.32 Å². The molecule has 2 unspecified atom stereocenters. The first-order valence-electron chi connectivity index (χ1n) is 7.21. The van der Waals surface area contributed by atoms with Crippen LogP contribution in [0.3, 0.4) is 0 Å². The first kappa shape index (κ1) is 13.7. The van der Waals surface area contributed by atoms with Crippen molar-refractivity contribution in [3.05, 3.63) is 53.3 Å². The Morgan fingerprint density at radius 2 is 2.10 bits per heavy atom. The van der Waals surface area contributed by atoms with Gasteiger partial charge in [0.15, 0.2) is 0 Å². The van der Waals surface area contributed by atoms with Gasteiger partial charge in [0.25, 0.3) is 0 Å². The van der Waals surface area contributed by atoms with Crippen LogP contribution in [0.4, 0.5) is 0 Å². The van der Waals surface area contributed by atoms with Crippen LogP contribution in [-0.4, -0.2) is 15.8 Å². The first-order chi connectivity index (χ1) is 9.72.